The molecule has 4 heteroatoms. The first kappa shape index (κ1) is 13.6. The van der Waals surface area contributed by atoms with Crippen molar-refractivity contribution in [3.05, 3.63) is 53.7 Å². The van der Waals surface area contributed by atoms with Gasteiger partial charge in [0.05, 0.1) is 6.61 Å². The summed E-state index contributed by atoms with van der Waals surface area (Å²) >= 11 is 5.99. The molecule has 1 aromatic heterocycles. The summed E-state index contributed by atoms with van der Waals surface area (Å²) in [4.78, 5) is 8.56. The highest BCUT2D eigenvalue weighted by Gasteiger charge is 2.06. The fourth-order valence-corrected chi connectivity index (χ4v) is 1.69. The summed E-state index contributed by atoms with van der Waals surface area (Å²) < 4.78 is 5.56. The molecule has 0 aliphatic rings. The van der Waals surface area contributed by atoms with Gasteiger partial charge in [0.2, 0.25) is 5.88 Å². The summed E-state index contributed by atoms with van der Waals surface area (Å²) in [6, 6.07) is 11.3. The van der Waals surface area contributed by atoms with E-state index in [-0.39, 0.29) is 0 Å². The molecule has 0 saturated carbocycles. The van der Waals surface area contributed by atoms with Gasteiger partial charge in [0.15, 0.2) is 5.82 Å². The van der Waals surface area contributed by atoms with Gasteiger partial charge < -0.3 is 4.74 Å². The Kier molecular flexibility index (Phi) is 4.53. The van der Waals surface area contributed by atoms with Crippen LogP contribution in [0.3, 0.4) is 0 Å². The second-order valence-corrected chi connectivity index (χ2v) is 4.66. The first-order valence-electron chi connectivity index (χ1n) is 6.02. The monoisotopic (exact) mass is 274 g/mol. The van der Waals surface area contributed by atoms with Crippen molar-refractivity contribution in [3.8, 4) is 17.3 Å². The molecule has 0 aliphatic heterocycles. The predicted molar refractivity (Wildman–Crippen MR) is 77.4 cm³/mol. The van der Waals surface area contributed by atoms with Crippen molar-refractivity contribution in [2.45, 2.75) is 13.3 Å². The Morgan fingerprint density at radius 3 is 2.68 bits per heavy atom. The van der Waals surface area contributed by atoms with Gasteiger partial charge in [0.1, 0.15) is 5.15 Å². The number of hydrogen-bond acceptors (Lipinski definition) is 3. The van der Waals surface area contributed by atoms with Gasteiger partial charge in [-0.1, -0.05) is 47.5 Å². The Labute approximate surface area is 117 Å². The minimum absolute atomic E-state index is 0.374. The first-order valence-corrected chi connectivity index (χ1v) is 6.40. The van der Waals surface area contributed by atoms with Crippen LogP contribution in [0.25, 0.3) is 11.4 Å². The number of aromatic nitrogens is 2. The van der Waals surface area contributed by atoms with Crippen LogP contribution in [-0.2, 0) is 0 Å². The molecule has 1 heterocycles. The molecule has 0 aliphatic carbocycles. The van der Waals surface area contributed by atoms with Crippen molar-refractivity contribution in [2.24, 2.45) is 0 Å². The SMILES string of the molecule is C=C(C)CCOc1cc(Cl)nc(-c2ccccc2)n1. The molecule has 19 heavy (non-hydrogen) atoms. The molecule has 2 aromatic rings. The van der Waals surface area contributed by atoms with E-state index >= 15 is 0 Å². The third-order valence-corrected chi connectivity index (χ3v) is 2.68. The van der Waals surface area contributed by atoms with Crippen molar-refractivity contribution >= 4 is 11.6 Å². The van der Waals surface area contributed by atoms with Crippen LogP contribution in [0.1, 0.15) is 13.3 Å². The topological polar surface area (TPSA) is 35.0 Å². The molecule has 0 radical (unpaired) electrons. The minimum Gasteiger partial charge on any atom is -0.477 e. The van der Waals surface area contributed by atoms with E-state index in [1.54, 1.807) is 6.07 Å². The number of halogens is 1. The molecule has 0 unspecified atom stereocenters. The summed E-state index contributed by atoms with van der Waals surface area (Å²) in [6.45, 7) is 6.33. The van der Waals surface area contributed by atoms with Gasteiger partial charge in [-0.3, -0.25) is 0 Å². The maximum atomic E-state index is 5.99. The largest absolute Gasteiger partial charge is 0.477 e. The molecular formula is C15H15ClN2O. The fourth-order valence-electron chi connectivity index (χ4n) is 1.52. The highest BCUT2D eigenvalue weighted by Crippen LogP contribution is 2.21. The molecular weight excluding hydrogens is 260 g/mol. The quantitative estimate of drug-likeness (QED) is 0.607. The van der Waals surface area contributed by atoms with E-state index in [1.807, 2.05) is 37.3 Å². The minimum atomic E-state index is 0.374. The average molecular weight is 275 g/mol. The van der Waals surface area contributed by atoms with Gasteiger partial charge in [0, 0.05) is 18.1 Å². The van der Waals surface area contributed by atoms with Crippen LogP contribution in [0.4, 0.5) is 0 Å². The lowest BCUT2D eigenvalue weighted by molar-refractivity contribution is 0.309. The van der Waals surface area contributed by atoms with E-state index in [0.29, 0.717) is 23.5 Å². The van der Waals surface area contributed by atoms with Crippen LogP contribution < -0.4 is 4.74 Å². The summed E-state index contributed by atoms with van der Waals surface area (Å²) in [5.74, 6) is 1.05. The summed E-state index contributed by atoms with van der Waals surface area (Å²) in [7, 11) is 0. The third kappa shape index (κ3) is 4.07. The number of benzene rings is 1. The number of rotatable bonds is 5. The van der Waals surface area contributed by atoms with Gasteiger partial charge in [-0.15, -0.1) is 6.58 Å². The normalized spacial score (nSPS) is 10.2. The van der Waals surface area contributed by atoms with Crippen molar-refractivity contribution in [2.75, 3.05) is 6.61 Å². The zero-order chi connectivity index (χ0) is 13.7. The molecule has 0 amide bonds. The second kappa shape index (κ2) is 6.34. The zero-order valence-electron chi connectivity index (χ0n) is 10.8. The lowest BCUT2D eigenvalue weighted by atomic mass is 10.2. The van der Waals surface area contributed by atoms with E-state index in [0.717, 1.165) is 17.6 Å². The molecule has 98 valence electrons. The Balaban J connectivity index is 2.18. The maximum Gasteiger partial charge on any atom is 0.218 e. The second-order valence-electron chi connectivity index (χ2n) is 4.27. The van der Waals surface area contributed by atoms with Crippen molar-refractivity contribution < 1.29 is 4.74 Å². The van der Waals surface area contributed by atoms with Crippen LogP contribution in [0.15, 0.2) is 48.6 Å². The van der Waals surface area contributed by atoms with Gasteiger partial charge >= 0.3 is 0 Å². The standard InChI is InChI=1S/C15H15ClN2O/c1-11(2)8-9-19-14-10-13(16)17-15(18-14)12-6-4-3-5-7-12/h3-7,10H,1,8-9H2,2H3. The molecule has 3 nitrogen and oxygen atoms in total. The van der Waals surface area contributed by atoms with E-state index in [2.05, 4.69) is 16.5 Å². The van der Waals surface area contributed by atoms with E-state index in [1.165, 1.54) is 0 Å². The first-order chi connectivity index (χ1) is 9.15. The summed E-state index contributed by atoms with van der Waals surface area (Å²) in [5.41, 5.74) is 1.98. The van der Waals surface area contributed by atoms with Crippen LogP contribution in [0.2, 0.25) is 5.15 Å². The third-order valence-electron chi connectivity index (χ3n) is 2.48. The Hall–Kier alpha value is -1.87. The molecule has 0 bridgehead atoms. The van der Waals surface area contributed by atoms with Crippen LogP contribution in [-0.4, -0.2) is 16.6 Å². The van der Waals surface area contributed by atoms with E-state index in [9.17, 15) is 0 Å². The van der Waals surface area contributed by atoms with Crippen molar-refractivity contribution in [1.29, 1.82) is 0 Å². The van der Waals surface area contributed by atoms with Gasteiger partial charge in [-0.2, -0.15) is 4.98 Å². The van der Waals surface area contributed by atoms with Gasteiger partial charge in [-0.05, 0) is 6.92 Å². The highest BCUT2D eigenvalue weighted by molar-refractivity contribution is 6.29. The molecule has 2 rings (SSSR count). The zero-order valence-corrected chi connectivity index (χ0v) is 11.5. The lowest BCUT2D eigenvalue weighted by Gasteiger charge is -2.07. The number of hydrogen-bond donors (Lipinski definition) is 0. The highest BCUT2D eigenvalue weighted by atomic mass is 35.5. The Morgan fingerprint density at radius 1 is 1.26 bits per heavy atom. The van der Waals surface area contributed by atoms with Crippen molar-refractivity contribution in [1.82, 2.24) is 9.97 Å². The summed E-state index contributed by atoms with van der Waals surface area (Å²) in [5, 5.41) is 0.374. The Morgan fingerprint density at radius 2 is 2.00 bits per heavy atom. The molecule has 1 aromatic carbocycles. The maximum absolute atomic E-state index is 5.99. The molecule has 0 saturated heterocycles. The molecule has 0 N–H and O–H groups in total. The molecule has 0 spiro atoms. The van der Waals surface area contributed by atoms with E-state index < -0.39 is 0 Å². The fraction of sp³-hybridized carbons (Fsp3) is 0.200. The lowest BCUT2D eigenvalue weighted by Crippen LogP contribution is -2.01. The molecule has 0 atom stereocenters. The van der Waals surface area contributed by atoms with Gasteiger partial charge in [-0.25, -0.2) is 4.98 Å². The van der Waals surface area contributed by atoms with Crippen LogP contribution in [0, 0.1) is 0 Å². The van der Waals surface area contributed by atoms with Crippen LogP contribution in [0.5, 0.6) is 5.88 Å². The average Bonchev–Trinajstić information content (AvgIpc) is 2.39. The number of nitrogens with zero attached hydrogens (tertiary/aromatic N) is 2. The summed E-state index contributed by atoms with van der Waals surface area (Å²) in [6.07, 6.45) is 0.794. The molecule has 0 fully saturated rings. The number of ether oxygens (including phenoxy) is 1. The Bertz CT molecular complexity index is 570. The van der Waals surface area contributed by atoms with E-state index in [4.69, 9.17) is 16.3 Å². The smallest absolute Gasteiger partial charge is 0.218 e. The van der Waals surface area contributed by atoms with Crippen molar-refractivity contribution in [3.63, 3.8) is 0 Å². The van der Waals surface area contributed by atoms with Crippen LogP contribution >= 0.6 is 11.6 Å². The predicted octanol–water partition coefficient (Wildman–Crippen LogP) is 4.14. The van der Waals surface area contributed by atoms with Gasteiger partial charge in [0.25, 0.3) is 0 Å².